The molecule has 1 atom stereocenters. The summed E-state index contributed by atoms with van der Waals surface area (Å²) < 4.78 is 4.68. The van der Waals surface area contributed by atoms with Crippen LogP contribution in [0.4, 0.5) is 0 Å². The minimum Gasteiger partial charge on any atom is -0.480 e. The third kappa shape index (κ3) is 3.39. The molecule has 4 N–H and O–H groups in total. The zero-order valence-corrected chi connectivity index (χ0v) is 5.83. The van der Waals surface area contributed by atoms with Gasteiger partial charge in [0, 0.05) is 0 Å². The van der Waals surface area contributed by atoms with Crippen molar-refractivity contribution in [3.63, 3.8) is 0 Å². The Hall–Kier alpha value is -0.650. The van der Waals surface area contributed by atoms with Gasteiger partial charge in [-0.25, -0.2) is 0 Å². The Bertz CT molecular complexity index is 107. The first-order chi connectivity index (χ1) is 4.72. The second kappa shape index (κ2) is 5.16. The molecule has 0 saturated carbocycles. The molecule has 5 heteroatoms. The van der Waals surface area contributed by atoms with Gasteiger partial charge in [-0.3, -0.25) is 4.79 Å². The minimum absolute atomic E-state index is 0.0471. The molecular weight excluding hydrogens is 136 g/mol. The fourth-order valence-electron chi connectivity index (χ4n) is 0.464. The number of carboxylic acid groups (broad SMARTS) is 1. The Balaban J connectivity index is 3.50. The van der Waals surface area contributed by atoms with Crippen LogP contribution in [-0.4, -0.2) is 37.5 Å². The molecule has 0 aromatic rings. The van der Waals surface area contributed by atoms with Crippen molar-refractivity contribution in [3.8, 4) is 0 Å². The molecule has 1 unspecified atom stereocenters. The summed E-state index contributed by atoms with van der Waals surface area (Å²) in [5.41, 5.74) is 4.99. The number of likely N-dealkylation sites (N-methyl/N-ethyl adjacent to an activating group) is 1. The Kier molecular flexibility index (Phi) is 4.82. The summed E-state index contributed by atoms with van der Waals surface area (Å²) in [5.74, 6) is -0.934. The van der Waals surface area contributed by atoms with Crippen molar-refractivity contribution >= 4 is 5.97 Å². The molecule has 0 rings (SSSR count). The molecule has 0 aliphatic carbocycles. The van der Waals surface area contributed by atoms with Crippen LogP contribution in [-0.2, 0) is 9.53 Å². The molecule has 0 saturated heterocycles. The predicted octanol–water partition coefficient (Wildman–Crippen LogP) is -1.41. The third-order valence-electron chi connectivity index (χ3n) is 1.05. The van der Waals surface area contributed by atoms with E-state index in [-0.39, 0.29) is 13.3 Å². The number of rotatable bonds is 5. The van der Waals surface area contributed by atoms with Gasteiger partial charge in [-0.05, 0) is 7.05 Å². The van der Waals surface area contributed by atoms with Crippen molar-refractivity contribution in [1.29, 1.82) is 0 Å². The molecule has 0 fully saturated rings. The van der Waals surface area contributed by atoms with Crippen molar-refractivity contribution in [1.82, 2.24) is 5.32 Å². The summed E-state index contributed by atoms with van der Waals surface area (Å²) in [5, 5.41) is 11.0. The van der Waals surface area contributed by atoms with Gasteiger partial charge in [0.1, 0.15) is 6.04 Å². The summed E-state index contributed by atoms with van der Waals surface area (Å²) in [4.78, 5) is 10.3. The first-order valence-electron chi connectivity index (χ1n) is 2.90. The van der Waals surface area contributed by atoms with E-state index in [0.717, 1.165) is 0 Å². The van der Waals surface area contributed by atoms with E-state index in [1.807, 2.05) is 0 Å². The van der Waals surface area contributed by atoms with Gasteiger partial charge in [-0.15, -0.1) is 0 Å². The number of aliphatic carboxylic acids is 1. The minimum atomic E-state index is -0.934. The Labute approximate surface area is 59.2 Å². The molecule has 0 amide bonds. The molecule has 0 bridgehead atoms. The Morgan fingerprint density at radius 3 is 2.80 bits per heavy atom. The molecule has 60 valence electrons. The third-order valence-corrected chi connectivity index (χ3v) is 1.05. The highest BCUT2D eigenvalue weighted by atomic mass is 16.5. The van der Waals surface area contributed by atoms with Crippen LogP contribution in [0.5, 0.6) is 0 Å². The first-order valence-corrected chi connectivity index (χ1v) is 2.90. The molecule has 0 aliphatic rings. The van der Waals surface area contributed by atoms with E-state index >= 15 is 0 Å². The highest BCUT2D eigenvalue weighted by Crippen LogP contribution is 1.82. The lowest BCUT2D eigenvalue weighted by Crippen LogP contribution is -2.38. The molecule has 0 aromatic heterocycles. The van der Waals surface area contributed by atoms with Gasteiger partial charge in [0.25, 0.3) is 0 Å². The zero-order valence-electron chi connectivity index (χ0n) is 5.83. The normalized spacial score (nSPS) is 13.0. The van der Waals surface area contributed by atoms with E-state index in [9.17, 15) is 4.79 Å². The van der Waals surface area contributed by atoms with E-state index in [1.165, 1.54) is 0 Å². The van der Waals surface area contributed by atoms with Gasteiger partial charge < -0.3 is 20.9 Å². The molecular formula is C5H12N2O3. The van der Waals surface area contributed by atoms with Gasteiger partial charge >= 0.3 is 5.97 Å². The van der Waals surface area contributed by atoms with Crippen molar-refractivity contribution in [2.24, 2.45) is 5.73 Å². The van der Waals surface area contributed by atoms with Crippen LogP contribution in [0.2, 0.25) is 0 Å². The molecule has 0 spiro atoms. The van der Waals surface area contributed by atoms with E-state index in [2.05, 4.69) is 10.1 Å². The van der Waals surface area contributed by atoms with E-state index < -0.39 is 12.0 Å². The summed E-state index contributed by atoms with van der Waals surface area (Å²) in [6.07, 6.45) is 0. The fraction of sp³-hybridized carbons (Fsp3) is 0.800. The second-order valence-electron chi connectivity index (χ2n) is 1.72. The summed E-state index contributed by atoms with van der Waals surface area (Å²) in [6.45, 7) is 0.147. The van der Waals surface area contributed by atoms with Crippen LogP contribution in [0.15, 0.2) is 0 Å². The molecule has 0 radical (unpaired) electrons. The standard InChI is InChI=1S/C5H12N2O3/c1-7-4(5(8)9)2-10-3-6/h4,7H,2-3,6H2,1H3,(H,8,9). The zero-order chi connectivity index (χ0) is 7.98. The summed E-state index contributed by atoms with van der Waals surface area (Å²) in [7, 11) is 1.55. The highest BCUT2D eigenvalue weighted by molar-refractivity contribution is 5.73. The molecule has 0 aromatic carbocycles. The van der Waals surface area contributed by atoms with Crippen molar-refractivity contribution < 1.29 is 14.6 Å². The number of carboxylic acids is 1. The summed E-state index contributed by atoms with van der Waals surface area (Å²) >= 11 is 0. The van der Waals surface area contributed by atoms with Crippen molar-refractivity contribution in [2.75, 3.05) is 20.4 Å². The van der Waals surface area contributed by atoms with E-state index in [1.54, 1.807) is 7.05 Å². The number of nitrogens with two attached hydrogens (primary N) is 1. The lowest BCUT2D eigenvalue weighted by atomic mass is 10.3. The van der Waals surface area contributed by atoms with Gasteiger partial charge in [0.15, 0.2) is 0 Å². The van der Waals surface area contributed by atoms with Crippen LogP contribution < -0.4 is 11.1 Å². The van der Waals surface area contributed by atoms with Crippen LogP contribution in [0.1, 0.15) is 0 Å². The Morgan fingerprint density at radius 2 is 2.50 bits per heavy atom. The quantitative estimate of drug-likeness (QED) is 0.417. The van der Waals surface area contributed by atoms with Crippen LogP contribution in [0, 0.1) is 0 Å². The van der Waals surface area contributed by atoms with Crippen molar-refractivity contribution in [2.45, 2.75) is 6.04 Å². The molecule has 0 aliphatic heterocycles. The number of carbonyl (C=O) groups is 1. The lowest BCUT2D eigenvalue weighted by Gasteiger charge is -2.09. The average molecular weight is 148 g/mol. The van der Waals surface area contributed by atoms with Gasteiger partial charge in [0.2, 0.25) is 0 Å². The highest BCUT2D eigenvalue weighted by Gasteiger charge is 2.13. The van der Waals surface area contributed by atoms with E-state index in [0.29, 0.717) is 0 Å². The molecule has 0 heterocycles. The molecule has 5 nitrogen and oxygen atoms in total. The number of hydrogen-bond acceptors (Lipinski definition) is 4. The van der Waals surface area contributed by atoms with Gasteiger partial charge in [-0.1, -0.05) is 0 Å². The fourth-order valence-corrected chi connectivity index (χ4v) is 0.464. The first kappa shape index (κ1) is 9.35. The maximum absolute atomic E-state index is 10.3. The van der Waals surface area contributed by atoms with Crippen LogP contribution >= 0.6 is 0 Å². The van der Waals surface area contributed by atoms with Crippen LogP contribution in [0.3, 0.4) is 0 Å². The topological polar surface area (TPSA) is 84.6 Å². The smallest absolute Gasteiger partial charge is 0.323 e. The largest absolute Gasteiger partial charge is 0.480 e. The number of hydrogen-bond donors (Lipinski definition) is 3. The SMILES string of the molecule is CNC(COCN)C(=O)O. The van der Waals surface area contributed by atoms with Gasteiger partial charge in [0.05, 0.1) is 13.3 Å². The monoisotopic (exact) mass is 148 g/mol. The van der Waals surface area contributed by atoms with Crippen molar-refractivity contribution in [3.05, 3.63) is 0 Å². The molecule has 10 heavy (non-hydrogen) atoms. The number of nitrogens with one attached hydrogen (secondary N) is 1. The van der Waals surface area contributed by atoms with E-state index in [4.69, 9.17) is 10.8 Å². The average Bonchev–Trinajstić information content (AvgIpc) is 1.89. The second-order valence-corrected chi connectivity index (χ2v) is 1.72. The Morgan fingerprint density at radius 1 is 1.90 bits per heavy atom. The maximum Gasteiger partial charge on any atom is 0.323 e. The predicted molar refractivity (Wildman–Crippen MR) is 35.5 cm³/mol. The number of ether oxygens (including phenoxy) is 1. The summed E-state index contributed by atoms with van der Waals surface area (Å²) in [6, 6.07) is -0.663. The maximum atomic E-state index is 10.3. The van der Waals surface area contributed by atoms with Gasteiger partial charge in [-0.2, -0.15) is 0 Å². The van der Waals surface area contributed by atoms with Crippen LogP contribution in [0.25, 0.3) is 0 Å². The lowest BCUT2D eigenvalue weighted by molar-refractivity contribution is -0.140.